The van der Waals surface area contributed by atoms with Gasteiger partial charge < -0.3 is 0 Å². The van der Waals surface area contributed by atoms with Gasteiger partial charge >= 0.3 is 0 Å². The molecule has 0 aliphatic heterocycles. The predicted molar refractivity (Wildman–Crippen MR) is 76.0 cm³/mol. The van der Waals surface area contributed by atoms with Gasteiger partial charge in [-0.3, -0.25) is 0 Å². The van der Waals surface area contributed by atoms with Crippen molar-refractivity contribution in [3.63, 3.8) is 0 Å². The van der Waals surface area contributed by atoms with Crippen molar-refractivity contribution in [3.05, 3.63) is 46.5 Å². The monoisotopic (exact) mass is 236 g/mol. The van der Waals surface area contributed by atoms with E-state index in [4.69, 9.17) is 0 Å². The number of rotatable bonds is 0. The van der Waals surface area contributed by atoms with E-state index >= 15 is 0 Å². The Morgan fingerprint density at radius 1 is 0.722 bits per heavy atom. The number of hydrogen-bond donors (Lipinski definition) is 0. The second-order valence-corrected chi connectivity index (χ2v) is 5.10. The van der Waals surface area contributed by atoms with Gasteiger partial charge in [-0.05, 0) is 56.0 Å². The van der Waals surface area contributed by atoms with Gasteiger partial charge in [-0.25, -0.2) is 0 Å². The van der Waals surface area contributed by atoms with E-state index in [-0.39, 0.29) is 0 Å². The topological polar surface area (TPSA) is 25.8 Å². The van der Waals surface area contributed by atoms with Crippen molar-refractivity contribution in [2.45, 2.75) is 27.7 Å². The largest absolute Gasteiger partial charge is 0.150 e. The third kappa shape index (κ3) is 1.49. The molecule has 3 aromatic rings. The standard InChI is InChI=1S/C16H16N2/c1-9-7-12(4)14-13(8-9)17-18-16-11(3)6-5-10(2)15(14)16/h5-8H,1-4H3. The molecule has 3 rings (SSSR count). The summed E-state index contributed by atoms with van der Waals surface area (Å²) >= 11 is 0. The van der Waals surface area contributed by atoms with E-state index < -0.39 is 0 Å². The molecule has 0 bridgehead atoms. The Hall–Kier alpha value is -1.96. The maximum atomic E-state index is 4.40. The fourth-order valence-corrected chi connectivity index (χ4v) is 2.69. The first-order valence-electron chi connectivity index (χ1n) is 6.21. The first-order chi connectivity index (χ1) is 8.58. The maximum absolute atomic E-state index is 4.40. The summed E-state index contributed by atoms with van der Waals surface area (Å²) in [5.41, 5.74) is 6.98. The van der Waals surface area contributed by atoms with E-state index in [0.717, 1.165) is 11.0 Å². The molecular weight excluding hydrogens is 220 g/mol. The maximum Gasteiger partial charge on any atom is 0.0968 e. The molecular formula is C16H16N2. The Morgan fingerprint density at radius 2 is 1.44 bits per heavy atom. The molecule has 0 saturated carbocycles. The average molecular weight is 236 g/mol. The van der Waals surface area contributed by atoms with Crippen LogP contribution in [0.1, 0.15) is 22.3 Å². The molecule has 0 aliphatic carbocycles. The minimum atomic E-state index is 0.994. The van der Waals surface area contributed by atoms with Crippen LogP contribution in [0.5, 0.6) is 0 Å². The highest BCUT2D eigenvalue weighted by atomic mass is 15.1. The lowest BCUT2D eigenvalue weighted by Crippen LogP contribution is -1.94. The zero-order valence-corrected chi connectivity index (χ0v) is 11.2. The van der Waals surface area contributed by atoms with Crippen LogP contribution in [0.25, 0.3) is 21.8 Å². The van der Waals surface area contributed by atoms with Gasteiger partial charge in [0.25, 0.3) is 0 Å². The van der Waals surface area contributed by atoms with Crippen LogP contribution in [0.4, 0.5) is 0 Å². The number of hydrogen-bond acceptors (Lipinski definition) is 2. The minimum absolute atomic E-state index is 0.994. The molecule has 2 nitrogen and oxygen atoms in total. The van der Waals surface area contributed by atoms with Gasteiger partial charge in [0.1, 0.15) is 0 Å². The van der Waals surface area contributed by atoms with Crippen molar-refractivity contribution >= 4 is 21.8 Å². The second-order valence-electron chi connectivity index (χ2n) is 5.10. The summed E-state index contributed by atoms with van der Waals surface area (Å²) < 4.78 is 0. The lowest BCUT2D eigenvalue weighted by Gasteiger charge is -2.10. The zero-order chi connectivity index (χ0) is 12.9. The molecule has 90 valence electrons. The average Bonchev–Trinajstić information content (AvgIpc) is 2.32. The van der Waals surface area contributed by atoms with Crippen LogP contribution in [0.2, 0.25) is 0 Å². The molecule has 18 heavy (non-hydrogen) atoms. The molecule has 0 unspecified atom stereocenters. The molecule has 2 heteroatoms. The van der Waals surface area contributed by atoms with Crippen LogP contribution in [0.3, 0.4) is 0 Å². The molecule has 0 N–H and O–H groups in total. The first kappa shape index (κ1) is 11.1. The minimum Gasteiger partial charge on any atom is -0.150 e. The van der Waals surface area contributed by atoms with E-state index in [1.54, 1.807) is 0 Å². The van der Waals surface area contributed by atoms with E-state index in [1.165, 1.54) is 33.0 Å². The van der Waals surface area contributed by atoms with E-state index in [2.05, 4.69) is 62.2 Å². The summed E-state index contributed by atoms with van der Waals surface area (Å²) in [4.78, 5) is 0. The quantitative estimate of drug-likeness (QED) is 0.551. The van der Waals surface area contributed by atoms with Crippen LogP contribution in [-0.4, -0.2) is 10.2 Å². The van der Waals surface area contributed by atoms with Gasteiger partial charge in [0.2, 0.25) is 0 Å². The molecule has 0 atom stereocenters. The molecule has 0 radical (unpaired) electrons. The Kier molecular flexibility index (Phi) is 2.34. The van der Waals surface area contributed by atoms with Gasteiger partial charge in [-0.1, -0.05) is 18.2 Å². The lowest BCUT2D eigenvalue weighted by atomic mass is 9.98. The molecule has 1 heterocycles. The number of benzene rings is 2. The number of aryl methyl sites for hydroxylation is 4. The van der Waals surface area contributed by atoms with Gasteiger partial charge in [0, 0.05) is 10.8 Å². The van der Waals surface area contributed by atoms with E-state index in [1.807, 2.05) is 0 Å². The Morgan fingerprint density at radius 3 is 2.22 bits per heavy atom. The Balaban J connectivity index is 2.65. The number of aromatic nitrogens is 2. The Labute approximate surface area is 107 Å². The zero-order valence-electron chi connectivity index (χ0n) is 11.2. The SMILES string of the molecule is Cc1cc(C)c2c(c1)nnc1c(C)ccc(C)c12. The van der Waals surface area contributed by atoms with Crippen LogP contribution < -0.4 is 0 Å². The normalized spacial score (nSPS) is 11.3. The third-order valence-corrected chi connectivity index (χ3v) is 3.55. The van der Waals surface area contributed by atoms with Crippen LogP contribution in [-0.2, 0) is 0 Å². The van der Waals surface area contributed by atoms with Crippen LogP contribution >= 0.6 is 0 Å². The van der Waals surface area contributed by atoms with Crippen molar-refractivity contribution in [3.8, 4) is 0 Å². The number of fused-ring (bicyclic) bond motifs is 3. The first-order valence-corrected chi connectivity index (χ1v) is 6.21. The summed E-state index contributed by atoms with van der Waals surface area (Å²) in [5, 5.41) is 11.3. The molecule has 1 aromatic heterocycles. The summed E-state index contributed by atoms with van der Waals surface area (Å²) in [5.74, 6) is 0. The van der Waals surface area contributed by atoms with Crippen LogP contribution in [0.15, 0.2) is 24.3 Å². The predicted octanol–water partition coefficient (Wildman–Crippen LogP) is 4.02. The summed E-state index contributed by atoms with van der Waals surface area (Å²) in [6, 6.07) is 8.60. The van der Waals surface area contributed by atoms with Crippen molar-refractivity contribution in [1.29, 1.82) is 0 Å². The van der Waals surface area contributed by atoms with E-state index in [9.17, 15) is 0 Å². The molecule has 0 aliphatic rings. The summed E-state index contributed by atoms with van der Waals surface area (Å²) in [7, 11) is 0. The van der Waals surface area contributed by atoms with Gasteiger partial charge in [-0.15, -0.1) is 10.2 Å². The highest BCUT2D eigenvalue weighted by molar-refractivity contribution is 6.08. The van der Waals surface area contributed by atoms with Crippen molar-refractivity contribution in [2.24, 2.45) is 0 Å². The smallest absolute Gasteiger partial charge is 0.0968 e. The van der Waals surface area contributed by atoms with Crippen LogP contribution in [0, 0.1) is 27.7 Å². The molecule has 2 aromatic carbocycles. The fourth-order valence-electron chi connectivity index (χ4n) is 2.69. The molecule has 0 spiro atoms. The van der Waals surface area contributed by atoms with E-state index in [0.29, 0.717) is 0 Å². The van der Waals surface area contributed by atoms with Crippen molar-refractivity contribution in [1.82, 2.24) is 10.2 Å². The Bertz CT molecular complexity index is 773. The molecule has 0 saturated heterocycles. The third-order valence-electron chi connectivity index (χ3n) is 3.55. The second kappa shape index (κ2) is 3.77. The number of nitrogens with zero attached hydrogens (tertiary/aromatic N) is 2. The molecule has 0 fully saturated rings. The molecule has 0 amide bonds. The van der Waals surface area contributed by atoms with Gasteiger partial charge in [-0.2, -0.15) is 0 Å². The van der Waals surface area contributed by atoms with Crippen molar-refractivity contribution in [2.75, 3.05) is 0 Å². The van der Waals surface area contributed by atoms with Crippen molar-refractivity contribution < 1.29 is 0 Å². The van der Waals surface area contributed by atoms with Gasteiger partial charge in [0.05, 0.1) is 11.0 Å². The van der Waals surface area contributed by atoms with Gasteiger partial charge in [0.15, 0.2) is 0 Å². The fraction of sp³-hybridized carbons (Fsp3) is 0.250. The lowest BCUT2D eigenvalue weighted by molar-refractivity contribution is 1.11. The summed E-state index contributed by atoms with van der Waals surface area (Å²) in [6.07, 6.45) is 0. The highest BCUT2D eigenvalue weighted by Gasteiger charge is 2.10. The summed E-state index contributed by atoms with van der Waals surface area (Å²) in [6.45, 7) is 8.48. The highest BCUT2D eigenvalue weighted by Crippen LogP contribution is 2.30.